The van der Waals surface area contributed by atoms with Crippen molar-refractivity contribution in [1.82, 2.24) is 4.98 Å². The van der Waals surface area contributed by atoms with Gasteiger partial charge in [0.25, 0.3) is 5.91 Å². The number of hydrogen-bond donors (Lipinski definition) is 1. The lowest BCUT2D eigenvalue weighted by molar-refractivity contribution is 0.0500. The van der Waals surface area contributed by atoms with Crippen LogP contribution < -0.4 is 5.32 Å². The van der Waals surface area contributed by atoms with Crippen LogP contribution in [0.2, 0.25) is 0 Å². The summed E-state index contributed by atoms with van der Waals surface area (Å²) in [5, 5.41) is 2.75. The molecule has 0 spiro atoms. The molecule has 2 heterocycles. The molecule has 0 aliphatic rings. The van der Waals surface area contributed by atoms with Crippen LogP contribution in [-0.4, -0.2) is 23.5 Å². The van der Waals surface area contributed by atoms with Crippen LogP contribution in [0.5, 0.6) is 0 Å². The van der Waals surface area contributed by atoms with Crippen LogP contribution in [0.15, 0.2) is 65.5 Å². The van der Waals surface area contributed by atoms with Gasteiger partial charge in [0.15, 0.2) is 5.76 Å². The predicted octanol–water partition coefficient (Wildman–Crippen LogP) is 4.02. The highest BCUT2D eigenvalue weighted by Crippen LogP contribution is 2.19. The number of aryl methyl sites for hydroxylation is 2. The quantitative estimate of drug-likeness (QED) is 0.506. The number of esters is 1. The van der Waals surface area contributed by atoms with Gasteiger partial charge >= 0.3 is 5.97 Å². The molecule has 0 aliphatic carbocycles. The Balaban J connectivity index is 1.56. The summed E-state index contributed by atoms with van der Waals surface area (Å²) in [5.74, 6) is -0.586. The zero-order valence-corrected chi connectivity index (χ0v) is 15.0. The number of carbonyl (C=O) groups excluding carboxylic acids is 2. The van der Waals surface area contributed by atoms with E-state index in [1.54, 1.807) is 42.7 Å². The average Bonchev–Trinajstić information content (AvgIpc) is 3.22. The highest BCUT2D eigenvalue weighted by Gasteiger charge is 2.13. The fourth-order valence-corrected chi connectivity index (χ4v) is 2.55. The van der Waals surface area contributed by atoms with E-state index < -0.39 is 5.97 Å². The van der Waals surface area contributed by atoms with Gasteiger partial charge < -0.3 is 14.5 Å². The summed E-state index contributed by atoms with van der Waals surface area (Å²) in [5.41, 5.74) is 2.87. The number of hydrogen-bond acceptors (Lipinski definition) is 5. The molecule has 1 amide bonds. The first kappa shape index (κ1) is 18.4. The van der Waals surface area contributed by atoms with Crippen molar-refractivity contribution in [1.29, 1.82) is 0 Å². The molecule has 0 saturated heterocycles. The van der Waals surface area contributed by atoms with Crippen molar-refractivity contribution < 1.29 is 18.7 Å². The van der Waals surface area contributed by atoms with Gasteiger partial charge in [0.05, 0.1) is 18.4 Å². The lowest BCUT2D eigenvalue weighted by Crippen LogP contribution is -2.13. The third-order valence-electron chi connectivity index (χ3n) is 4.03. The van der Waals surface area contributed by atoms with Crippen LogP contribution in [0.4, 0.5) is 5.69 Å². The molecule has 0 bridgehead atoms. The summed E-state index contributed by atoms with van der Waals surface area (Å²) in [7, 11) is 0. The molecular formula is C21H20N2O4. The van der Waals surface area contributed by atoms with E-state index in [2.05, 4.69) is 10.3 Å². The van der Waals surface area contributed by atoms with Gasteiger partial charge in [-0.05, 0) is 61.2 Å². The maximum absolute atomic E-state index is 12.3. The molecule has 1 aromatic carbocycles. The van der Waals surface area contributed by atoms with Crippen LogP contribution in [0.1, 0.15) is 38.5 Å². The van der Waals surface area contributed by atoms with Gasteiger partial charge in [-0.15, -0.1) is 0 Å². The van der Waals surface area contributed by atoms with Crippen molar-refractivity contribution in [2.24, 2.45) is 0 Å². The van der Waals surface area contributed by atoms with Crippen molar-refractivity contribution >= 4 is 17.6 Å². The molecule has 1 N–H and O–H groups in total. The fourth-order valence-electron chi connectivity index (χ4n) is 2.55. The van der Waals surface area contributed by atoms with Gasteiger partial charge in [0, 0.05) is 18.1 Å². The number of benzene rings is 1. The number of ether oxygens (including phenoxy) is 1. The maximum atomic E-state index is 12.3. The molecule has 0 radical (unpaired) electrons. The van der Waals surface area contributed by atoms with Crippen LogP contribution >= 0.6 is 0 Å². The van der Waals surface area contributed by atoms with Gasteiger partial charge in [0.1, 0.15) is 0 Å². The van der Waals surface area contributed by atoms with Crippen LogP contribution in [0, 0.1) is 6.92 Å². The number of nitrogens with one attached hydrogen (secondary N) is 1. The number of aromatic nitrogens is 1. The van der Waals surface area contributed by atoms with Crippen molar-refractivity contribution in [3.8, 4) is 0 Å². The standard InChI is InChI=1S/C21H20N2O4/c1-15-8-9-17(13-18(15)23-20(24)19-7-4-11-26-19)21(25)27-12-3-6-16-5-2-10-22-14-16/h2,4-5,7-11,13-14H,3,6,12H2,1H3,(H,23,24). The molecule has 6 heteroatoms. The van der Waals surface area contributed by atoms with E-state index in [0.717, 1.165) is 17.5 Å². The summed E-state index contributed by atoms with van der Waals surface area (Å²) in [6.07, 6.45) is 6.46. The summed E-state index contributed by atoms with van der Waals surface area (Å²) in [6, 6.07) is 12.1. The molecule has 27 heavy (non-hydrogen) atoms. The number of furan rings is 1. The van der Waals surface area contributed by atoms with Gasteiger partial charge in [-0.1, -0.05) is 12.1 Å². The SMILES string of the molecule is Cc1ccc(C(=O)OCCCc2cccnc2)cc1NC(=O)c1ccco1. The number of carbonyl (C=O) groups is 2. The van der Waals surface area contributed by atoms with Gasteiger partial charge in [0.2, 0.25) is 0 Å². The Morgan fingerprint density at radius 3 is 2.81 bits per heavy atom. The lowest BCUT2D eigenvalue weighted by Gasteiger charge is -2.10. The monoisotopic (exact) mass is 364 g/mol. The zero-order chi connectivity index (χ0) is 19.1. The van der Waals surface area contributed by atoms with E-state index in [9.17, 15) is 9.59 Å². The Morgan fingerprint density at radius 1 is 1.19 bits per heavy atom. The lowest BCUT2D eigenvalue weighted by atomic mass is 10.1. The highest BCUT2D eigenvalue weighted by atomic mass is 16.5. The Bertz CT molecular complexity index is 905. The molecule has 138 valence electrons. The van der Waals surface area contributed by atoms with Gasteiger partial charge in [-0.2, -0.15) is 0 Å². The van der Waals surface area contributed by atoms with E-state index in [4.69, 9.17) is 9.15 Å². The van der Waals surface area contributed by atoms with Crippen molar-refractivity contribution in [2.75, 3.05) is 11.9 Å². The van der Waals surface area contributed by atoms with Crippen molar-refractivity contribution in [3.05, 3.63) is 83.6 Å². The molecular weight excluding hydrogens is 344 g/mol. The Morgan fingerprint density at radius 2 is 2.07 bits per heavy atom. The van der Waals surface area contributed by atoms with E-state index in [1.807, 2.05) is 19.1 Å². The second kappa shape index (κ2) is 8.80. The molecule has 0 unspecified atom stereocenters. The highest BCUT2D eigenvalue weighted by molar-refractivity contribution is 6.03. The smallest absolute Gasteiger partial charge is 0.338 e. The Labute approximate surface area is 157 Å². The molecule has 3 aromatic rings. The summed E-state index contributed by atoms with van der Waals surface area (Å²) >= 11 is 0. The Kier molecular flexibility index (Phi) is 5.99. The third-order valence-corrected chi connectivity index (χ3v) is 4.03. The largest absolute Gasteiger partial charge is 0.462 e. The van der Waals surface area contributed by atoms with Gasteiger partial charge in [-0.25, -0.2) is 4.79 Å². The second-order valence-corrected chi connectivity index (χ2v) is 6.06. The normalized spacial score (nSPS) is 10.4. The number of amides is 1. The van der Waals surface area contributed by atoms with Crippen LogP contribution in [-0.2, 0) is 11.2 Å². The topological polar surface area (TPSA) is 81.4 Å². The first-order valence-corrected chi connectivity index (χ1v) is 8.65. The third kappa shape index (κ3) is 5.04. The van der Waals surface area contributed by atoms with Crippen molar-refractivity contribution in [2.45, 2.75) is 19.8 Å². The molecule has 0 atom stereocenters. The number of anilines is 1. The molecule has 0 aliphatic heterocycles. The molecule has 6 nitrogen and oxygen atoms in total. The number of rotatable bonds is 7. The molecule has 0 fully saturated rings. The number of nitrogens with zero attached hydrogens (tertiary/aromatic N) is 1. The van der Waals surface area contributed by atoms with E-state index in [-0.39, 0.29) is 11.7 Å². The van der Waals surface area contributed by atoms with Gasteiger partial charge in [-0.3, -0.25) is 9.78 Å². The first-order chi connectivity index (χ1) is 13.1. The summed E-state index contributed by atoms with van der Waals surface area (Å²) in [4.78, 5) is 28.5. The molecule has 2 aromatic heterocycles. The minimum Gasteiger partial charge on any atom is -0.462 e. The second-order valence-electron chi connectivity index (χ2n) is 6.06. The average molecular weight is 364 g/mol. The van der Waals surface area contributed by atoms with E-state index in [1.165, 1.54) is 6.26 Å². The number of pyridine rings is 1. The summed E-state index contributed by atoms with van der Waals surface area (Å²) in [6.45, 7) is 2.16. The Hall–Kier alpha value is -3.41. The van der Waals surface area contributed by atoms with E-state index in [0.29, 0.717) is 24.3 Å². The maximum Gasteiger partial charge on any atom is 0.338 e. The fraction of sp³-hybridized carbons (Fsp3) is 0.190. The minimum absolute atomic E-state index is 0.206. The molecule has 0 saturated carbocycles. The van der Waals surface area contributed by atoms with Crippen LogP contribution in [0.25, 0.3) is 0 Å². The van der Waals surface area contributed by atoms with Crippen molar-refractivity contribution in [3.63, 3.8) is 0 Å². The van der Waals surface area contributed by atoms with Crippen LogP contribution in [0.3, 0.4) is 0 Å². The minimum atomic E-state index is -0.422. The zero-order valence-electron chi connectivity index (χ0n) is 15.0. The predicted molar refractivity (Wildman–Crippen MR) is 101 cm³/mol. The summed E-state index contributed by atoms with van der Waals surface area (Å²) < 4.78 is 10.4. The molecule has 3 rings (SSSR count). The van der Waals surface area contributed by atoms with E-state index >= 15 is 0 Å². The first-order valence-electron chi connectivity index (χ1n) is 8.65.